The molecule has 0 spiro atoms. The Morgan fingerprint density at radius 2 is 2.21 bits per heavy atom. The van der Waals surface area contributed by atoms with E-state index in [1.807, 2.05) is 13.0 Å². The lowest BCUT2D eigenvalue weighted by molar-refractivity contribution is 0.111. The fourth-order valence-corrected chi connectivity index (χ4v) is 4.28. The van der Waals surface area contributed by atoms with Crippen LogP contribution in [-0.2, 0) is 27.2 Å². The first-order valence-corrected chi connectivity index (χ1v) is 12.2. The number of amides is 2. The molecule has 2 N–H and O–H groups in total. The van der Waals surface area contributed by atoms with Gasteiger partial charge in [0.25, 0.3) is 5.88 Å². The second-order valence-electron chi connectivity index (χ2n) is 8.87. The predicted octanol–water partition coefficient (Wildman–Crippen LogP) is 3.12. The summed E-state index contributed by atoms with van der Waals surface area (Å²) in [5.74, 6) is 2.33. The number of aldehydes is 1. The Bertz CT molecular complexity index is 1410. The van der Waals surface area contributed by atoms with Crippen LogP contribution < -0.4 is 15.5 Å². The normalized spacial score (nSPS) is 14.8. The van der Waals surface area contributed by atoms with Gasteiger partial charge in [0.2, 0.25) is 0 Å². The lowest BCUT2D eigenvalue weighted by atomic mass is 10.0. The van der Waals surface area contributed by atoms with E-state index in [4.69, 9.17) is 9.47 Å². The number of pyridine rings is 2. The molecule has 0 saturated carbocycles. The molecule has 0 bridgehead atoms. The van der Waals surface area contributed by atoms with Crippen LogP contribution in [0.5, 0.6) is 0 Å². The zero-order chi connectivity index (χ0) is 27.8. The molecule has 12 heteroatoms. The molecule has 4 rings (SSSR count). The number of methoxy groups -OCH3 is 1. The van der Waals surface area contributed by atoms with Crippen LogP contribution in [0.1, 0.15) is 40.5 Å². The summed E-state index contributed by atoms with van der Waals surface area (Å²) in [6, 6.07) is 4.94. The van der Waals surface area contributed by atoms with Crippen LogP contribution in [-0.4, -0.2) is 59.4 Å². The number of nitriles is 1. The van der Waals surface area contributed by atoms with Crippen molar-refractivity contribution in [2.24, 2.45) is 0 Å². The highest BCUT2D eigenvalue weighted by Gasteiger charge is 2.27. The summed E-state index contributed by atoms with van der Waals surface area (Å²) in [5, 5.41) is 15.4. The zero-order valence-corrected chi connectivity index (χ0v) is 21.5. The molecule has 39 heavy (non-hydrogen) atoms. The molecular weight excluding hydrogens is 502 g/mol. The van der Waals surface area contributed by atoms with Crippen molar-refractivity contribution in [3.63, 3.8) is 0 Å². The van der Waals surface area contributed by atoms with Gasteiger partial charge < -0.3 is 19.7 Å². The molecular formula is C27H27N7O5. The van der Waals surface area contributed by atoms with Crippen molar-refractivity contribution in [3.8, 4) is 6.07 Å². The third kappa shape index (κ3) is 6.30. The van der Waals surface area contributed by atoms with Crippen LogP contribution in [0.15, 0.2) is 48.8 Å². The van der Waals surface area contributed by atoms with Gasteiger partial charge in [0.1, 0.15) is 23.4 Å². The van der Waals surface area contributed by atoms with Gasteiger partial charge >= 0.3 is 6.03 Å². The quantitative estimate of drug-likeness (QED) is 0.386. The second-order valence-corrected chi connectivity index (χ2v) is 8.87. The van der Waals surface area contributed by atoms with Gasteiger partial charge in [-0.3, -0.25) is 15.0 Å². The standard InChI is InChI=1S/C27H27N7O5/c1-18(17-38-2)30-22-11-24(29-13-21(22)12-28)32-27(37)34-8-5-6-19-10-20(23(15-35)31-26(19)34)14-33-7-3-4-9-39-25(33)16-36/h3-4,7,9-11,13,15,18H,5-6,8,14,17H2,1-2H3,(H2,29,30,32,37). The van der Waals surface area contributed by atoms with Crippen LogP contribution in [0.3, 0.4) is 0 Å². The fourth-order valence-electron chi connectivity index (χ4n) is 4.28. The highest BCUT2D eigenvalue weighted by Crippen LogP contribution is 2.29. The Hall–Kier alpha value is -4.98. The van der Waals surface area contributed by atoms with Crippen LogP contribution in [0.25, 0.3) is 0 Å². The topological polar surface area (TPSA) is 150 Å². The Kier molecular flexibility index (Phi) is 8.68. The summed E-state index contributed by atoms with van der Waals surface area (Å²) in [5.41, 5.74) is 2.35. The molecule has 0 radical (unpaired) electrons. The first-order valence-electron chi connectivity index (χ1n) is 12.2. The molecule has 0 aliphatic carbocycles. The van der Waals surface area contributed by atoms with E-state index in [0.29, 0.717) is 54.9 Å². The van der Waals surface area contributed by atoms with E-state index in [2.05, 4.69) is 26.7 Å². The minimum absolute atomic E-state index is 0.0454. The number of rotatable bonds is 8. The molecule has 0 saturated heterocycles. The highest BCUT2D eigenvalue weighted by atomic mass is 16.5. The van der Waals surface area contributed by atoms with Crippen molar-refractivity contribution < 1.29 is 23.9 Å². The van der Waals surface area contributed by atoms with Crippen LogP contribution >= 0.6 is 0 Å². The van der Waals surface area contributed by atoms with Gasteiger partial charge in [-0.1, -0.05) is 0 Å². The van der Waals surface area contributed by atoms with Crippen molar-refractivity contribution in [2.45, 2.75) is 32.4 Å². The number of anilines is 3. The average molecular weight is 530 g/mol. The van der Waals surface area contributed by atoms with E-state index in [0.717, 1.165) is 5.56 Å². The van der Waals surface area contributed by atoms with Gasteiger partial charge in [-0.15, -0.1) is 0 Å². The summed E-state index contributed by atoms with van der Waals surface area (Å²) in [4.78, 5) is 48.3. The largest absolute Gasteiger partial charge is 0.440 e. The third-order valence-corrected chi connectivity index (χ3v) is 6.03. The Balaban J connectivity index is 1.57. The van der Waals surface area contributed by atoms with Gasteiger partial charge in [-0.2, -0.15) is 5.26 Å². The van der Waals surface area contributed by atoms with E-state index in [9.17, 15) is 19.6 Å². The number of nitrogens with zero attached hydrogens (tertiary/aromatic N) is 5. The highest BCUT2D eigenvalue weighted by molar-refractivity contribution is 6.01. The number of carbonyl (C=O) groups is 2. The van der Waals surface area contributed by atoms with Crippen molar-refractivity contribution >= 4 is 35.6 Å². The minimum atomic E-state index is -0.470. The second kappa shape index (κ2) is 12.5. The maximum absolute atomic E-state index is 13.3. The Morgan fingerprint density at radius 3 is 2.95 bits per heavy atom. The van der Waals surface area contributed by atoms with Crippen molar-refractivity contribution in [2.75, 3.05) is 35.8 Å². The summed E-state index contributed by atoms with van der Waals surface area (Å²) in [7, 11) is 1.59. The number of fused-ring (bicyclic) bond motifs is 1. The van der Waals surface area contributed by atoms with Gasteiger partial charge in [-0.25, -0.2) is 19.6 Å². The number of urea groups is 1. The number of aromatic nitrogens is 2. The lowest BCUT2D eigenvalue weighted by Gasteiger charge is -2.29. The molecule has 2 aromatic heterocycles. The van der Waals surface area contributed by atoms with Crippen molar-refractivity contribution in [3.05, 3.63) is 71.2 Å². The van der Waals surface area contributed by atoms with E-state index in [-0.39, 0.29) is 30.0 Å². The number of hydrogen-bond acceptors (Lipinski definition) is 10. The summed E-state index contributed by atoms with van der Waals surface area (Å²) in [6.07, 6.45) is 9.66. The monoisotopic (exact) mass is 529 g/mol. The predicted molar refractivity (Wildman–Crippen MR) is 142 cm³/mol. The molecule has 4 heterocycles. The number of hydrogen-bond donors (Lipinski definition) is 2. The molecule has 12 nitrogen and oxygen atoms in total. The fraction of sp³-hybridized carbons (Fsp3) is 0.296. The smallest absolute Gasteiger partial charge is 0.328 e. The van der Waals surface area contributed by atoms with E-state index >= 15 is 0 Å². The van der Waals surface area contributed by atoms with Crippen molar-refractivity contribution in [1.82, 2.24) is 14.9 Å². The molecule has 2 aromatic rings. The molecule has 0 aromatic carbocycles. The summed E-state index contributed by atoms with van der Waals surface area (Å²) in [6.45, 7) is 2.87. The van der Waals surface area contributed by atoms with Gasteiger partial charge in [-0.05, 0) is 43.5 Å². The number of carbonyl (C=O) groups excluding carboxylic acids is 3. The molecule has 200 valence electrons. The zero-order valence-electron chi connectivity index (χ0n) is 21.5. The number of allylic oxidation sites excluding steroid dienone is 2. The van der Waals surface area contributed by atoms with Crippen LogP contribution in [0.4, 0.5) is 22.1 Å². The first-order chi connectivity index (χ1) is 19.0. The summed E-state index contributed by atoms with van der Waals surface area (Å²) >= 11 is 0. The number of nitrogens with one attached hydrogen (secondary N) is 2. The SMILES string of the molecule is COCC(C)Nc1cc(NC(=O)N2CCCc3cc(CN4C=CC=COC4=C=O)c(C=O)nc32)ncc1C#N. The third-order valence-electron chi connectivity index (χ3n) is 6.03. The molecule has 2 aliphatic heterocycles. The first kappa shape index (κ1) is 27.1. The molecule has 1 unspecified atom stereocenters. The molecule has 2 aliphatic rings. The maximum Gasteiger partial charge on any atom is 0.328 e. The van der Waals surface area contributed by atoms with Crippen molar-refractivity contribution in [1.29, 1.82) is 5.26 Å². The van der Waals surface area contributed by atoms with E-state index in [1.54, 1.807) is 37.5 Å². The maximum atomic E-state index is 13.3. The minimum Gasteiger partial charge on any atom is -0.440 e. The van der Waals surface area contributed by atoms with Crippen LogP contribution in [0, 0.1) is 11.3 Å². The number of aryl methyl sites for hydroxylation is 1. The summed E-state index contributed by atoms with van der Waals surface area (Å²) < 4.78 is 10.4. The molecule has 2 amide bonds. The Labute approximate surface area is 225 Å². The molecule has 1 atom stereocenters. The average Bonchev–Trinajstić information content (AvgIpc) is 3.17. The van der Waals surface area contributed by atoms with E-state index < -0.39 is 6.03 Å². The molecule has 0 fully saturated rings. The van der Waals surface area contributed by atoms with Gasteiger partial charge in [0, 0.05) is 43.7 Å². The number of ether oxygens (including phenoxy) is 2. The van der Waals surface area contributed by atoms with E-state index in [1.165, 1.54) is 22.3 Å². The van der Waals surface area contributed by atoms with Gasteiger partial charge in [0.05, 0.1) is 30.7 Å². The van der Waals surface area contributed by atoms with Crippen LogP contribution in [0.2, 0.25) is 0 Å². The van der Waals surface area contributed by atoms with Gasteiger partial charge in [0.15, 0.2) is 12.2 Å². The lowest BCUT2D eigenvalue weighted by Crippen LogP contribution is -2.40. The Morgan fingerprint density at radius 1 is 1.36 bits per heavy atom.